The van der Waals surface area contributed by atoms with Crippen molar-refractivity contribution in [1.82, 2.24) is 15.2 Å². The SMILES string of the molecule is CCc1nnc(Oc2cccc(I)c2)nc1CC. The average molecular weight is 355 g/mol. The molecule has 0 bridgehead atoms. The quantitative estimate of drug-likeness (QED) is 0.789. The number of rotatable bonds is 4. The predicted octanol–water partition coefficient (Wildman–Crippen LogP) is 3.39. The maximum absolute atomic E-state index is 5.61. The molecule has 5 heteroatoms. The van der Waals surface area contributed by atoms with E-state index in [1.165, 1.54) is 0 Å². The van der Waals surface area contributed by atoms with Crippen molar-refractivity contribution in [1.29, 1.82) is 0 Å². The predicted molar refractivity (Wildman–Crippen MR) is 77.8 cm³/mol. The summed E-state index contributed by atoms with van der Waals surface area (Å²) < 4.78 is 6.72. The van der Waals surface area contributed by atoms with Gasteiger partial charge in [0.1, 0.15) is 5.75 Å². The van der Waals surface area contributed by atoms with Crippen LogP contribution in [0.4, 0.5) is 0 Å². The number of nitrogens with zero attached hydrogens (tertiary/aromatic N) is 3. The topological polar surface area (TPSA) is 47.9 Å². The molecule has 1 heterocycles. The summed E-state index contributed by atoms with van der Waals surface area (Å²) in [5.74, 6) is 0.731. The van der Waals surface area contributed by atoms with Crippen LogP contribution in [0.3, 0.4) is 0 Å². The third-order valence-corrected chi connectivity index (χ3v) is 3.17. The lowest BCUT2D eigenvalue weighted by atomic mass is 10.2. The molecule has 0 radical (unpaired) electrons. The van der Waals surface area contributed by atoms with Gasteiger partial charge in [-0.1, -0.05) is 25.0 Å². The summed E-state index contributed by atoms with van der Waals surface area (Å²) in [6, 6.07) is 8.07. The number of benzene rings is 1. The Labute approximate surface area is 120 Å². The van der Waals surface area contributed by atoms with Crippen LogP contribution in [0.1, 0.15) is 25.2 Å². The summed E-state index contributed by atoms with van der Waals surface area (Å²) in [5.41, 5.74) is 1.89. The van der Waals surface area contributed by atoms with Crippen molar-refractivity contribution in [3.63, 3.8) is 0 Å². The molecule has 94 valence electrons. The molecule has 0 aliphatic rings. The summed E-state index contributed by atoms with van der Waals surface area (Å²) >= 11 is 2.24. The van der Waals surface area contributed by atoms with E-state index < -0.39 is 0 Å². The summed E-state index contributed by atoms with van der Waals surface area (Å²) in [7, 11) is 0. The van der Waals surface area contributed by atoms with Gasteiger partial charge in [-0.3, -0.25) is 0 Å². The standard InChI is InChI=1S/C13H14IN3O/c1-3-11-12(4-2)16-17-13(15-11)18-10-7-5-6-9(14)8-10/h5-8H,3-4H2,1-2H3. The average Bonchev–Trinajstić information content (AvgIpc) is 2.38. The molecule has 0 amide bonds. The van der Waals surface area contributed by atoms with Gasteiger partial charge in [-0.25, -0.2) is 0 Å². The molecule has 18 heavy (non-hydrogen) atoms. The van der Waals surface area contributed by atoms with E-state index in [1.54, 1.807) is 0 Å². The van der Waals surface area contributed by atoms with Gasteiger partial charge in [0.2, 0.25) is 0 Å². The monoisotopic (exact) mass is 355 g/mol. The summed E-state index contributed by atoms with van der Waals surface area (Å²) in [5, 5.41) is 8.14. The van der Waals surface area contributed by atoms with Crippen molar-refractivity contribution in [2.75, 3.05) is 0 Å². The third kappa shape index (κ3) is 3.16. The third-order valence-electron chi connectivity index (χ3n) is 2.49. The van der Waals surface area contributed by atoms with Gasteiger partial charge in [0.05, 0.1) is 11.4 Å². The van der Waals surface area contributed by atoms with Gasteiger partial charge in [0.15, 0.2) is 0 Å². The highest BCUT2D eigenvalue weighted by atomic mass is 127. The number of halogens is 1. The number of hydrogen-bond donors (Lipinski definition) is 0. The van der Waals surface area contributed by atoms with Crippen LogP contribution < -0.4 is 4.74 Å². The van der Waals surface area contributed by atoms with Gasteiger partial charge in [-0.05, 0) is 53.6 Å². The van der Waals surface area contributed by atoms with Gasteiger partial charge in [0.25, 0.3) is 0 Å². The Morgan fingerprint density at radius 1 is 1.11 bits per heavy atom. The minimum absolute atomic E-state index is 0.311. The highest BCUT2D eigenvalue weighted by Gasteiger charge is 2.07. The number of aryl methyl sites for hydroxylation is 2. The smallest absolute Gasteiger partial charge is 0.341 e. The second-order valence-electron chi connectivity index (χ2n) is 3.75. The molecule has 0 aliphatic carbocycles. The largest absolute Gasteiger partial charge is 0.423 e. The van der Waals surface area contributed by atoms with Crippen molar-refractivity contribution < 1.29 is 4.74 Å². The van der Waals surface area contributed by atoms with Gasteiger partial charge in [-0.2, -0.15) is 4.98 Å². The molecule has 0 aliphatic heterocycles. The van der Waals surface area contributed by atoms with E-state index in [0.717, 1.165) is 33.5 Å². The van der Waals surface area contributed by atoms with Crippen LogP contribution in [0.2, 0.25) is 0 Å². The minimum Gasteiger partial charge on any atom is -0.423 e. The molecule has 0 saturated carbocycles. The van der Waals surface area contributed by atoms with Crippen molar-refractivity contribution in [3.05, 3.63) is 39.2 Å². The molecule has 4 nitrogen and oxygen atoms in total. The molecule has 0 saturated heterocycles. The van der Waals surface area contributed by atoms with Crippen molar-refractivity contribution in [2.24, 2.45) is 0 Å². The Kier molecular flexibility index (Phi) is 4.46. The van der Waals surface area contributed by atoms with E-state index in [0.29, 0.717) is 6.01 Å². The van der Waals surface area contributed by atoms with E-state index >= 15 is 0 Å². The molecule has 1 aromatic heterocycles. The van der Waals surface area contributed by atoms with Crippen molar-refractivity contribution >= 4 is 22.6 Å². The Morgan fingerprint density at radius 2 is 1.89 bits per heavy atom. The fraction of sp³-hybridized carbons (Fsp3) is 0.308. The minimum atomic E-state index is 0.311. The second-order valence-corrected chi connectivity index (χ2v) is 5.00. The lowest BCUT2D eigenvalue weighted by molar-refractivity contribution is 0.428. The molecular weight excluding hydrogens is 341 g/mol. The Morgan fingerprint density at radius 3 is 2.56 bits per heavy atom. The first-order chi connectivity index (χ1) is 8.72. The zero-order valence-electron chi connectivity index (χ0n) is 10.4. The normalized spacial score (nSPS) is 10.4. The molecule has 0 fully saturated rings. The van der Waals surface area contributed by atoms with Crippen LogP contribution >= 0.6 is 22.6 Å². The highest BCUT2D eigenvalue weighted by Crippen LogP contribution is 2.20. The van der Waals surface area contributed by atoms with Gasteiger partial charge in [0, 0.05) is 3.57 Å². The van der Waals surface area contributed by atoms with Crippen LogP contribution in [-0.2, 0) is 12.8 Å². The maximum atomic E-state index is 5.61. The molecular formula is C13H14IN3O. The van der Waals surface area contributed by atoms with Crippen LogP contribution in [-0.4, -0.2) is 15.2 Å². The molecule has 1 aromatic carbocycles. The highest BCUT2D eigenvalue weighted by molar-refractivity contribution is 14.1. The summed E-state index contributed by atoms with van der Waals surface area (Å²) in [6.07, 6.45) is 1.67. The van der Waals surface area contributed by atoms with Gasteiger partial charge in [-0.15, -0.1) is 5.10 Å². The second kappa shape index (κ2) is 6.08. The fourth-order valence-corrected chi connectivity index (χ4v) is 2.11. The van der Waals surface area contributed by atoms with Crippen LogP contribution in [0, 0.1) is 3.57 Å². The Balaban J connectivity index is 2.24. The van der Waals surface area contributed by atoms with Gasteiger partial charge < -0.3 is 4.74 Å². The Hall–Kier alpha value is -1.24. The molecule has 2 rings (SSSR count). The molecule has 0 unspecified atom stereocenters. The first-order valence-electron chi connectivity index (χ1n) is 5.88. The molecule has 2 aromatic rings. The van der Waals surface area contributed by atoms with E-state index in [-0.39, 0.29) is 0 Å². The number of ether oxygens (including phenoxy) is 1. The molecule has 0 N–H and O–H groups in total. The van der Waals surface area contributed by atoms with Crippen LogP contribution in [0.15, 0.2) is 24.3 Å². The molecule has 0 atom stereocenters. The first kappa shape index (κ1) is 13.2. The van der Waals surface area contributed by atoms with E-state index in [9.17, 15) is 0 Å². The summed E-state index contributed by atoms with van der Waals surface area (Å²) in [4.78, 5) is 4.39. The van der Waals surface area contributed by atoms with Crippen LogP contribution in [0.25, 0.3) is 0 Å². The van der Waals surface area contributed by atoms with E-state index in [2.05, 4.69) is 44.7 Å². The Bertz CT molecular complexity index is 546. The lowest BCUT2D eigenvalue weighted by Crippen LogP contribution is -2.04. The zero-order valence-corrected chi connectivity index (χ0v) is 12.5. The zero-order chi connectivity index (χ0) is 13.0. The van der Waals surface area contributed by atoms with Crippen LogP contribution in [0.5, 0.6) is 11.8 Å². The van der Waals surface area contributed by atoms with E-state index in [1.807, 2.05) is 31.2 Å². The van der Waals surface area contributed by atoms with Gasteiger partial charge >= 0.3 is 6.01 Å². The molecule has 0 spiro atoms. The van der Waals surface area contributed by atoms with Crippen molar-refractivity contribution in [2.45, 2.75) is 26.7 Å². The number of aromatic nitrogens is 3. The number of hydrogen-bond acceptors (Lipinski definition) is 4. The fourth-order valence-electron chi connectivity index (χ4n) is 1.60. The lowest BCUT2D eigenvalue weighted by Gasteiger charge is -2.07. The maximum Gasteiger partial charge on any atom is 0.341 e. The van der Waals surface area contributed by atoms with E-state index in [4.69, 9.17) is 4.74 Å². The first-order valence-corrected chi connectivity index (χ1v) is 6.96. The van der Waals surface area contributed by atoms with Crippen molar-refractivity contribution in [3.8, 4) is 11.8 Å². The summed E-state index contributed by atoms with van der Waals surface area (Å²) in [6.45, 7) is 4.10.